The van der Waals surface area contributed by atoms with Gasteiger partial charge in [0.1, 0.15) is 12.4 Å². The summed E-state index contributed by atoms with van der Waals surface area (Å²) >= 11 is 12.0. The Hall–Kier alpha value is -2.69. The number of halogens is 2. The van der Waals surface area contributed by atoms with Gasteiger partial charge in [-0.2, -0.15) is 0 Å². The zero-order chi connectivity index (χ0) is 20.1. The Balaban J connectivity index is 1.71. The molecule has 0 aliphatic carbocycles. The van der Waals surface area contributed by atoms with Crippen molar-refractivity contribution in [1.29, 1.82) is 0 Å². The Bertz CT molecular complexity index is 1000. The van der Waals surface area contributed by atoms with Gasteiger partial charge in [0.25, 0.3) is 0 Å². The summed E-state index contributed by atoms with van der Waals surface area (Å²) in [7, 11) is 0. The SMILES string of the molecule is Cc1ccc(C(=O)O)cc1NCc1ccccc1OCc1ccc(Cl)c(Cl)c1. The lowest BCUT2D eigenvalue weighted by molar-refractivity contribution is 0.0697. The Morgan fingerprint density at radius 3 is 2.57 bits per heavy atom. The van der Waals surface area contributed by atoms with Gasteiger partial charge < -0.3 is 15.2 Å². The number of aryl methyl sites for hydroxylation is 1. The molecule has 0 aromatic heterocycles. The van der Waals surface area contributed by atoms with Gasteiger partial charge in [-0.1, -0.05) is 53.5 Å². The molecule has 144 valence electrons. The zero-order valence-corrected chi connectivity index (χ0v) is 16.7. The molecule has 3 aromatic rings. The van der Waals surface area contributed by atoms with Crippen molar-refractivity contribution in [3.05, 3.63) is 93.0 Å². The van der Waals surface area contributed by atoms with Crippen LogP contribution in [0.3, 0.4) is 0 Å². The molecule has 0 atom stereocenters. The maximum atomic E-state index is 11.2. The van der Waals surface area contributed by atoms with Crippen LogP contribution in [-0.4, -0.2) is 11.1 Å². The molecular weight excluding hydrogens is 397 g/mol. The molecule has 4 nitrogen and oxygen atoms in total. The summed E-state index contributed by atoms with van der Waals surface area (Å²) in [4.78, 5) is 11.2. The fraction of sp³-hybridized carbons (Fsp3) is 0.136. The molecule has 0 fully saturated rings. The van der Waals surface area contributed by atoms with Crippen molar-refractivity contribution < 1.29 is 14.6 Å². The minimum absolute atomic E-state index is 0.247. The summed E-state index contributed by atoms with van der Waals surface area (Å²) in [6.45, 7) is 2.80. The number of aromatic carboxylic acids is 1. The maximum Gasteiger partial charge on any atom is 0.335 e. The average Bonchev–Trinajstić information content (AvgIpc) is 2.68. The molecular formula is C22H19Cl2NO3. The average molecular weight is 416 g/mol. The molecule has 3 aromatic carbocycles. The predicted molar refractivity (Wildman–Crippen MR) is 113 cm³/mol. The van der Waals surface area contributed by atoms with E-state index in [1.165, 1.54) is 0 Å². The summed E-state index contributed by atoms with van der Waals surface area (Å²) in [6.07, 6.45) is 0. The first-order valence-electron chi connectivity index (χ1n) is 8.66. The van der Waals surface area contributed by atoms with E-state index < -0.39 is 5.97 Å². The molecule has 0 saturated carbocycles. The third kappa shape index (κ3) is 4.97. The quantitative estimate of drug-likeness (QED) is 0.482. The predicted octanol–water partition coefficient (Wildman–Crippen LogP) is 6.19. The molecule has 6 heteroatoms. The number of anilines is 1. The number of hydrogen-bond acceptors (Lipinski definition) is 3. The monoisotopic (exact) mass is 415 g/mol. The Labute approximate surface area is 173 Å². The van der Waals surface area contributed by atoms with Gasteiger partial charge in [-0.25, -0.2) is 4.79 Å². The normalized spacial score (nSPS) is 10.5. The second-order valence-corrected chi connectivity index (χ2v) is 7.15. The minimum atomic E-state index is -0.951. The third-order valence-corrected chi connectivity index (χ3v) is 5.04. The molecule has 0 saturated heterocycles. The van der Waals surface area contributed by atoms with Gasteiger partial charge in [0.2, 0.25) is 0 Å². The molecule has 0 amide bonds. The van der Waals surface area contributed by atoms with Crippen molar-refractivity contribution >= 4 is 34.9 Å². The van der Waals surface area contributed by atoms with Crippen molar-refractivity contribution in [3.63, 3.8) is 0 Å². The number of ether oxygens (including phenoxy) is 1. The molecule has 0 spiro atoms. The number of benzene rings is 3. The molecule has 2 N–H and O–H groups in total. The van der Waals surface area contributed by atoms with E-state index in [1.807, 2.05) is 37.3 Å². The molecule has 0 aliphatic heterocycles. The highest BCUT2D eigenvalue weighted by molar-refractivity contribution is 6.42. The Kier molecular flexibility index (Phi) is 6.45. The summed E-state index contributed by atoms with van der Waals surface area (Å²) in [5, 5.41) is 13.5. The lowest BCUT2D eigenvalue weighted by atomic mass is 10.1. The smallest absolute Gasteiger partial charge is 0.335 e. The summed E-state index contributed by atoms with van der Waals surface area (Å²) < 4.78 is 5.96. The molecule has 0 aliphatic rings. The van der Waals surface area contributed by atoms with E-state index >= 15 is 0 Å². The summed E-state index contributed by atoms with van der Waals surface area (Å²) in [5.41, 5.74) is 3.88. The van der Waals surface area contributed by atoms with Crippen molar-refractivity contribution in [2.75, 3.05) is 5.32 Å². The van der Waals surface area contributed by atoms with Crippen LogP contribution in [0.15, 0.2) is 60.7 Å². The van der Waals surface area contributed by atoms with Gasteiger partial charge in [0, 0.05) is 17.8 Å². The van der Waals surface area contributed by atoms with Gasteiger partial charge >= 0.3 is 5.97 Å². The highest BCUT2D eigenvalue weighted by Gasteiger charge is 2.08. The van der Waals surface area contributed by atoms with Crippen molar-refractivity contribution in [1.82, 2.24) is 0 Å². The van der Waals surface area contributed by atoms with Crippen LogP contribution in [0.2, 0.25) is 10.0 Å². The van der Waals surface area contributed by atoms with Crippen LogP contribution >= 0.6 is 23.2 Å². The van der Waals surface area contributed by atoms with E-state index in [0.717, 1.165) is 28.1 Å². The van der Waals surface area contributed by atoms with Crippen molar-refractivity contribution in [2.24, 2.45) is 0 Å². The Morgan fingerprint density at radius 1 is 1.04 bits per heavy atom. The van der Waals surface area contributed by atoms with E-state index in [4.69, 9.17) is 27.9 Å². The van der Waals surface area contributed by atoms with Gasteiger partial charge in [-0.15, -0.1) is 0 Å². The summed E-state index contributed by atoms with van der Waals surface area (Å²) in [5.74, 6) is -0.207. The van der Waals surface area contributed by atoms with Gasteiger partial charge in [0.05, 0.1) is 15.6 Å². The van der Waals surface area contributed by atoms with Gasteiger partial charge in [-0.3, -0.25) is 0 Å². The largest absolute Gasteiger partial charge is 0.489 e. The molecule has 0 unspecified atom stereocenters. The number of carbonyl (C=O) groups is 1. The maximum absolute atomic E-state index is 11.2. The lowest BCUT2D eigenvalue weighted by Crippen LogP contribution is -2.06. The highest BCUT2D eigenvalue weighted by atomic mass is 35.5. The standard InChI is InChI=1S/C22H19Cl2NO3/c1-14-6-8-16(22(26)27)11-20(14)25-12-17-4-2-3-5-21(17)28-13-15-7-9-18(23)19(24)10-15/h2-11,25H,12-13H2,1H3,(H,26,27). The van der Waals surface area contributed by atoms with Crippen LogP contribution in [0, 0.1) is 6.92 Å². The number of hydrogen-bond donors (Lipinski definition) is 2. The first kappa shape index (κ1) is 20.1. The van der Waals surface area contributed by atoms with Crippen LogP contribution in [0.5, 0.6) is 5.75 Å². The Morgan fingerprint density at radius 2 is 1.82 bits per heavy atom. The van der Waals surface area contributed by atoms with Crippen LogP contribution in [0.25, 0.3) is 0 Å². The number of para-hydroxylation sites is 1. The van der Waals surface area contributed by atoms with E-state index in [0.29, 0.717) is 23.2 Å². The minimum Gasteiger partial charge on any atom is -0.489 e. The fourth-order valence-electron chi connectivity index (χ4n) is 2.72. The first-order valence-corrected chi connectivity index (χ1v) is 9.42. The van der Waals surface area contributed by atoms with Gasteiger partial charge in [0.15, 0.2) is 0 Å². The third-order valence-electron chi connectivity index (χ3n) is 4.30. The first-order chi connectivity index (χ1) is 13.4. The summed E-state index contributed by atoms with van der Waals surface area (Å²) in [6, 6.07) is 18.1. The molecule has 0 bridgehead atoms. The van der Waals surface area contributed by atoms with E-state index in [9.17, 15) is 9.90 Å². The van der Waals surface area contributed by atoms with Crippen molar-refractivity contribution in [2.45, 2.75) is 20.1 Å². The van der Waals surface area contributed by atoms with E-state index in [2.05, 4.69) is 5.32 Å². The molecule has 3 rings (SSSR count). The number of nitrogens with one attached hydrogen (secondary N) is 1. The van der Waals surface area contributed by atoms with Crippen LogP contribution in [0.4, 0.5) is 5.69 Å². The van der Waals surface area contributed by atoms with Crippen molar-refractivity contribution in [3.8, 4) is 5.75 Å². The van der Waals surface area contributed by atoms with Gasteiger partial charge in [-0.05, 0) is 48.4 Å². The molecule has 28 heavy (non-hydrogen) atoms. The van der Waals surface area contributed by atoms with Crippen LogP contribution in [0.1, 0.15) is 27.0 Å². The van der Waals surface area contributed by atoms with Crippen LogP contribution < -0.4 is 10.1 Å². The second-order valence-electron chi connectivity index (χ2n) is 6.33. The highest BCUT2D eigenvalue weighted by Crippen LogP contribution is 2.25. The van der Waals surface area contributed by atoms with E-state index in [1.54, 1.807) is 30.3 Å². The molecule has 0 radical (unpaired) electrons. The van der Waals surface area contributed by atoms with Crippen LogP contribution in [-0.2, 0) is 13.2 Å². The second kappa shape index (κ2) is 9.00. The topological polar surface area (TPSA) is 58.6 Å². The molecule has 0 heterocycles. The fourth-order valence-corrected chi connectivity index (χ4v) is 3.04. The zero-order valence-electron chi connectivity index (χ0n) is 15.2. The number of rotatable bonds is 7. The number of carboxylic acids is 1. The lowest BCUT2D eigenvalue weighted by Gasteiger charge is -2.14. The number of carboxylic acid groups (broad SMARTS) is 1. The van der Waals surface area contributed by atoms with E-state index in [-0.39, 0.29) is 5.56 Å².